The summed E-state index contributed by atoms with van der Waals surface area (Å²) in [5.41, 5.74) is 1.71. The van der Waals surface area contributed by atoms with Crippen molar-refractivity contribution in [1.82, 2.24) is 9.78 Å². The van der Waals surface area contributed by atoms with E-state index in [2.05, 4.69) is 10.4 Å². The Kier molecular flexibility index (Phi) is 5.71. The molecule has 1 heterocycles. The van der Waals surface area contributed by atoms with Crippen molar-refractivity contribution in [2.24, 2.45) is 0 Å². The number of carbonyl (C=O) groups is 1. The van der Waals surface area contributed by atoms with E-state index < -0.39 is 0 Å². The van der Waals surface area contributed by atoms with Crippen molar-refractivity contribution < 1.29 is 9.18 Å². The van der Waals surface area contributed by atoms with Crippen molar-refractivity contribution in [1.29, 1.82) is 0 Å². The lowest BCUT2D eigenvalue weighted by molar-refractivity contribution is -0.111. The Balaban J connectivity index is 1.64. The number of amides is 1. The lowest BCUT2D eigenvalue weighted by atomic mass is 10.2. The predicted octanol–water partition coefficient (Wildman–Crippen LogP) is 5.03. The zero-order valence-electron chi connectivity index (χ0n) is 13.5. The van der Waals surface area contributed by atoms with E-state index in [-0.39, 0.29) is 17.5 Å². The first-order valence-corrected chi connectivity index (χ1v) is 8.47. The first kappa shape index (κ1) is 18.2. The van der Waals surface area contributed by atoms with Crippen LogP contribution >= 0.6 is 23.2 Å². The molecule has 0 fully saturated rings. The highest BCUT2D eigenvalue weighted by molar-refractivity contribution is 6.33. The van der Waals surface area contributed by atoms with Gasteiger partial charge in [-0.1, -0.05) is 47.5 Å². The fraction of sp³-hybridized carbons (Fsp3) is 0.0526. The summed E-state index contributed by atoms with van der Waals surface area (Å²) >= 11 is 12.0. The van der Waals surface area contributed by atoms with Crippen molar-refractivity contribution in [2.45, 2.75) is 6.54 Å². The lowest BCUT2D eigenvalue weighted by Gasteiger charge is -2.02. The van der Waals surface area contributed by atoms with Gasteiger partial charge in [0.15, 0.2) is 5.82 Å². The number of hydrogen-bond donors (Lipinski definition) is 1. The van der Waals surface area contributed by atoms with Crippen LogP contribution in [0.15, 0.2) is 60.8 Å². The molecule has 4 nitrogen and oxygen atoms in total. The molecule has 7 heteroatoms. The predicted molar refractivity (Wildman–Crippen MR) is 102 cm³/mol. The molecule has 0 saturated heterocycles. The topological polar surface area (TPSA) is 46.9 Å². The molecule has 132 valence electrons. The highest BCUT2D eigenvalue weighted by Gasteiger charge is 2.09. The summed E-state index contributed by atoms with van der Waals surface area (Å²) in [5, 5.41) is 7.89. The molecule has 0 spiro atoms. The normalized spacial score (nSPS) is 11.0. The highest BCUT2D eigenvalue weighted by Crippen LogP contribution is 2.20. The maximum absolute atomic E-state index is 12.9. The Morgan fingerprint density at radius 2 is 1.81 bits per heavy atom. The molecule has 0 radical (unpaired) electrons. The van der Waals surface area contributed by atoms with Gasteiger partial charge in [0.1, 0.15) is 10.8 Å². The van der Waals surface area contributed by atoms with Gasteiger partial charge < -0.3 is 5.32 Å². The summed E-state index contributed by atoms with van der Waals surface area (Å²) in [5.74, 6) is -0.438. The van der Waals surface area contributed by atoms with Crippen molar-refractivity contribution in [3.63, 3.8) is 0 Å². The van der Waals surface area contributed by atoms with E-state index in [0.29, 0.717) is 22.2 Å². The summed E-state index contributed by atoms with van der Waals surface area (Å²) in [6.45, 7) is 0.498. The smallest absolute Gasteiger partial charge is 0.249 e. The largest absolute Gasteiger partial charge is 0.304 e. The molecule has 26 heavy (non-hydrogen) atoms. The second-order valence-corrected chi connectivity index (χ2v) is 6.37. The van der Waals surface area contributed by atoms with Gasteiger partial charge in [0, 0.05) is 17.3 Å². The molecule has 0 bridgehead atoms. The maximum Gasteiger partial charge on any atom is 0.249 e. The number of hydrogen-bond acceptors (Lipinski definition) is 2. The zero-order chi connectivity index (χ0) is 18.5. The molecule has 1 amide bonds. The second kappa shape index (κ2) is 8.17. The van der Waals surface area contributed by atoms with Gasteiger partial charge in [0.25, 0.3) is 0 Å². The van der Waals surface area contributed by atoms with Gasteiger partial charge in [-0.2, -0.15) is 5.10 Å². The number of halogens is 3. The quantitative estimate of drug-likeness (QED) is 0.622. The zero-order valence-corrected chi connectivity index (χ0v) is 15.0. The second-order valence-electron chi connectivity index (χ2n) is 5.52. The Bertz CT molecular complexity index is 934. The van der Waals surface area contributed by atoms with E-state index in [1.165, 1.54) is 18.2 Å². The fourth-order valence-electron chi connectivity index (χ4n) is 2.24. The standard InChI is InChI=1S/C19H14Cl2FN3O/c20-15-6-1-14(2-7-15)11-25-12-17(21)19(24-25)23-18(26)10-5-13-3-8-16(22)9-4-13/h1-10,12H,11H2,(H,23,24,26)/b10-5+. The molecule has 0 aliphatic rings. The van der Waals surface area contributed by atoms with Crippen LogP contribution in [-0.2, 0) is 11.3 Å². The Morgan fingerprint density at radius 3 is 2.50 bits per heavy atom. The molecule has 0 aliphatic carbocycles. The minimum Gasteiger partial charge on any atom is -0.304 e. The van der Waals surface area contributed by atoms with E-state index in [1.807, 2.05) is 12.1 Å². The highest BCUT2D eigenvalue weighted by atomic mass is 35.5. The van der Waals surface area contributed by atoms with Crippen molar-refractivity contribution in [3.05, 3.63) is 87.8 Å². The summed E-state index contributed by atoms with van der Waals surface area (Å²) in [6.07, 6.45) is 4.55. The molecule has 0 saturated carbocycles. The van der Waals surface area contributed by atoms with E-state index in [9.17, 15) is 9.18 Å². The number of nitrogens with zero attached hydrogens (tertiary/aromatic N) is 2. The van der Waals surface area contributed by atoms with Gasteiger partial charge in [-0.15, -0.1) is 0 Å². The van der Waals surface area contributed by atoms with Crippen LogP contribution in [-0.4, -0.2) is 15.7 Å². The monoisotopic (exact) mass is 389 g/mol. The van der Waals surface area contributed by atoms with Crippen LogP contribution in [0.5, 0.6) is 0 Å². The molecule has 2 aromatic carbocycles. The molecule has 3 aromatic rings. The molecular formula is C19H14Cl2FN3O. The van der Waals surface area contributed by atoms with Gasteiger partial charge in [0.05, 0.1) is 6.54 Å². The Hall–Kier alpha value is -2.63. The third-order valence-electron chi connectivity index (χ3n) is 3.51. The van der Waals surface area contributed by atoms with Crippen molar-refractivity contribution in [2.75, 3.05) is 5.32 Å². The van der Waals surface area contributed by atoms with Crippen LogP contribution in [0.25, 0.3) is 6.08 Å². The van der Waals surface area contributed by atoms with Crippen LogP contribution in [0, 0.1) is 5.82 Å². The minimum absolute atomic E-state index is 0.273. The number of benzene rings is 2. The van der Waals surface area contributed by atoms with Gasteiger partial charge in [-0.25, -0.2) is 4.39 Å². The van der Waals surface area contributed by atoms with Crippen molar-refractivity contribution >= 4 is 41.0 Å². The average Bonchev–Trinajstić information content (AvgIpc) is 2.95. The summed E-state index contributed by atoms with van der Waals surface area (Å²) < 4.78 is 14.5. The number of nitrogens with one attached hydrogen (secondary N) is 1. The van der Waals surface area contributed by atoms with E-state index in [4.69, 9.17) is 23.2 Å². The van der Waals surface area contributed by atoms with Gasteiger partial charge in [0.2, 0.25) is 5.91 Å². The van der Waals surface area contributed by atoms with Crippen LogP contribution in [0.2, 0.25) is 10.0 Å². The summed E-state index contributed by atoms with van der Waals surface area (Å²) in [7, 11) is 0. The van der Waals surface area contributed by atoms with Crippen molar-refractivity contribution in [3.8, 4) is 0 Å². The molecule has 1 aromatic heterocycles. The molecule has 3 rings (SSSR count). The first-order valence-electron chi connectivity index (χ1n) is 7.71. The van der Waals surface area contributed by atoms with E-state index in [0.717, 1.165) is 5.56 Å². The first-order chi connectivity index (χ1) is 12.5. The van der Waals surface area contributed by atoms with Gasteiger partial charge in [-0.3, -0.25) is 9.48 Å². The maximum atomic E-state index is 12.9. The van der Waals surface area contributed by atoms with Crippen LogP contribution in [0.4, 0.5) is 10.2 Å². The molecule has 0 atom stereocenters. The Labute approximate surface area is 159 Å². The number of aromatic nitrogens is 2. The molecule has 1 N–H and O–H groups in total. The Morgan fingerprint density at radius 1 is 1.12 bits per heavy atom. The van der Waals surface area contributed by atoms with E-state index in [1.54, 1.807) is 41.2 Å². The van der Waals surface area contributed by atoms with Gasteiger partial charge >= 0.3 is 0 Å². The number of rotatable bonds is 5. The van der Waals surface area contributed by atoms with Crippen LogP contribution in [0.1, 0.15) is 11.1 Å². The fourth-order valence-corrected chi connectivity index (χ4v) is 2.57. The average molecular weight is 390 g/mol. The summed E-state index contributed by atoms with van der Waals surface area (Å²) in [4.78, 5) is 12.0. The van der Waals surface area contributed by atoms with Gasteiger partial charge in [-0.05, 0) is 41.5 Å². The molecule has 0 unspecified atom stereocenters. The van der Waals surface area contributed by atoms with Crippen LogP contribution < -0.4 is 5.32 Å². The summed E-state index contributed by atoms with van der Waals surface area (Å²) in [6, 6.07) is 13.2. The number of carbonyl (C=O) groups excluding carboxylic acids is 1. The third kappa shape index (κ3) is 4.94. The molecular weight excluding hydrogens is 376 g/mol. The van der Waals surface area contributed by atoms with Crippen LogP contribution in [0.3, 0.4) is 0 Å². The lowest BCUT2D eigenvalue weighted by Crippen LogP contribution is -2.09. The SMILES string of the molecule is O=C(/C=C/c1ccc(F)cc1)Nc1nn(Cc2ccc(Cl)cc2)cc1Cl. The molecule has 0 aliphatic heterocycles. The third-order valence-corrected chi connectivity index (χ3v) is 4.04. The minimum atomic E-state index is -0.382. The number of anilines is 1. The van der Waals surface area contributed by atoms with E-state index >= 15 is 0 Å².